The normalized spacial score (nSPS) is 17.5. The van der Waals surface area contributed by atoms with Gasteiger partial charge in [0.05, 0.1) is 22.2 Å². The summed E-state index contributed by atoms with van der Waals surface area (Å²) in [6.07, 6.45) is 7.44. The molecule has 6 N–H and O–H groups in total. The predicted molar refractivity (Wildman–Crippen MR) is 183 cm³/mol. The van der Waals surface area contributed by atoms with Gasteiger partial charge >= 0.3 is 7.82 Å². The predicted octanol–water partition coefficient (Wildman–Crippen LogP) is 4.81. The van der Waals surface area contributed by atoms with E-state index in [9.17, 15) is 28.7 Å². The molecule has 1 aromatic carbocycles. The first-order valence-electron chi connectivity index (χ1n) is 16.5. The van der Waals surface area contributed by atoms with Crippen molar-refractivity contribution in [3.63, 3.8) is 0 Å². The maximum Gasteiger partial charge on any atom is 0.469 e. The number of phosphoric ester groups is 1. The SMILES string of the molecule is Cc1ncsc1-c1ccc(CNC(=O)[C@@H]2C[C@@H](OP(=O)(O)O)CN2C(=O)[C@@H](NC(=O)CCCCCCCCCCN)C(C)(C)C)cc1. The van der Waals surface area contributed by atoms with E-state index in [1.807, 2.05) is 52.0 Å². The molecule has 3 atom stereocenters. The second kappa shape index (κ2) is 18.2. The lowest BCUT2D eigenvalue weighted by Gasteiger charge is -2.35. The number of thiazole rings is 1. The van der Waals surface area contributed by atoms with Gasteiger partial charge in [0.2, 0.25) is 17.7 Å². The summed E-state index contributed by atoms with van der Waals surface area (Å²) in [5.41, 5.74) is 9.44. The van der Waals surface area contributed by atoms with Crippen LogP contribution in [0.2, 0.25) is 0 Å². The van der Waals surface area contributed by atoms with Crippen molar-refractivity contribution in [2.75, 3.05) is 13.1 Å². The van der Waals surface area contributed by atoms with E-state index in [1.54, 1.807) is 16.8 Å². The van der Waals surface area contributed by atoms with E-state index in [-0.39, 0.29) is 31.8 Å². The van der Waals surface area contributed by atoms with E-state index in [1.165, 1.54) is 11.3 Å². The van der Waals surface area contributed by atoms with Gasteiger partial charge in [0, 0.05) is 25.9 Å². The summed E-state index contributed by atoms with van der Waals surface area (Å²) in [6, 6.07) is 5.73. The van der Waals surface area contributed by atoms with Crippen LogP contribution in [0, 0.1) is 12.3 Å². The molecule has 1 aromatic heterocycles. The average molecular weight is 694 g/mol. The fourth-order valence-corrected chi connectivity index (χ4v) is 7.11. The molecule has 1 aliphatic heterocycles. The molecule has 0 radical (unpaired) electrons. The van der Waals surface area contributed by atoms with Gasteiger partial charge in [0.25, 0.3) is 0 Å². The molecule has 0 spiro atoms. The number of aryl methyl sites for hydroxylation is 1. The minimum atomic E-state index is -4.88. The second-order valence-electron chi connectivity index (χ2n) is 13.4. The lowest BCUT2D eigenvalue weighted by Crippen LogP contribution is -2.57. The number of benzene rings is 1. The molecular formula is C33H52N5O7PS. The highest BCUT2D eigenvalue weighted by Gasteiger charge is 2.46. The zero-order chi connectivity index (χ0) is 34.6. The molecule has 0 bridgehead atoms. The van der Waals surface area contributed by atoms with Crippen molar-refractivity contribution in [2.24, 2.45) is 11.1 Å². The monoisotopic (exact) mass is 693 g/mol. The van der Waals surface area contributed by atoms with Crippen molar-refractivity contribution in [1.29, 1.82) is 0 Å². The van der Waals surface area contributed by atoms with Crippen LogP contribution in [-0.2, 0) is 30.0 Å². The Morgan fingerprint density at radius 3 is 2.23 bits per heavy atom. The second-order valence-corrected chi connectivity index (χ2v) is 15.4. The number of carbonyl (C=O) groups is 3. The molecule has 47 heavy (non-hydrogen) atoms. The Morgan fingerprint density at radius 1 is 1.06 bits per heavy atom. The highest BCUT2D eigenvalue weighted by atomic mass is 32.1. The number of hydrogen-bond donors (Lipinski definition) is 5. The molecular weight excluding hydrogens is 641 g/mol. The Balaban J connectivity index is 1.62. The first-order valence-corrected chi connectivity index (χ1v) is 18.9. The van der Waals surface area contributed by atoms with E-state index in [0.29, 0.717) is 6.42 Å². The number of likely N-dealkylation sites (tertiary alicyclic amines) is 1. The molecule has 12 nitrogen and oxygen atoms in total. The Bertz CT molecular complexity index is 1360. The Hall–Kier alpha value is -2.67. The van der Waals surface area contributed by atoms with Gasteiger partial charge in [0.15, 0.2) is 0 Å². The maximum atomic E-state index is 14.0. The van der Waals surface area contributed by atoms with Crippen LogP contribution < -0.4 is 16.4 Å². The van der Waals surface area contributed by atoms with Crippen LogP contribution in [0.25, 0.3) is 10.4 Å². The number of rotatable bonds is 18. The molecule has 1 fully saturated rings. The van der Waals surface area contributed by atoms with Gasteiger partial charge in [0.1, 0.15) is 12.1 Å². The third kappa shape index (κ3) is 12.7. The number of amides is 3. The van der Waals surface area contributed by atoms with Gasteiger partial charge in [-0.05, 0) is 42.9 Å². The smallest absolute Gasteiger partial charge is 0.350 e. The topological polar surface area (TPSA) is 184 Å². The van der Waals surface area contributed by atoms with Gasteiger partial charge in [-0.3, -0.25) is 18.9 Å². The van der Waals surface area contributed by atoms with Gasteiger partial charge in [-0.15, -0.1) is 11.3 Å². The summed E-state index contributed by atoms with van der Waals surface area (Å²) in [7, 11) is -4.88. The molecule has 1 saturated heterocycles. The highest BCUT2D eigenvalue weighted by Crippen LogP contribution is 2.41. The number of nitrogens with two attached hydrogens (primary N) is 1. The molecule has 2 aromatic rings. The van der Waals surface area contributed by atoms with Crippen LogP contribution in [0.4, 0.5) is 0 Å². The summed E-state index contributed by atoms with van der Waals surface area (Å²) < 4.78 is 16.6. The molecule has 0 aliphatic carbocycles. The molecule has 3 amide bonds. The fraction of sp³-hybridized carbons (Fsp3) is 0.636. The highest BCUT2D eigenvalue weighted by molar-refractivity contribution is 7.46. The maximum absolute atomic E-state index is 14.0. The van der Waals surface area contributed by atoms with E-state index in [4.69, 9.17) is 10.3 Å². The van der Waals surface area contributed by atoms with Gasteiger partial charge < -0.3 is 31.1 Å². The zero-order valence-electron chi connectivity index (χ0n) is 28.1. The number of unbranched alkanes of at least 4 members (excludes halogenated alkanes) is 7. The number of nitrogens with zero attached hydrogens (tertiary/aromatic N) is 2. The van der Waals surface area contributed by atoms with Gasteiger partial charge in [-0.25, -0.2) is 9.55 Å². The average Bonchev–Trinajstić information content (AvgIpc) is 3.62. The van der Waals surface area contributed by atoms with E-state index >= 15 is 0 Å². The van der Waals surface area contributed by atoms with Crippen LogP contribution >= 0.6 is 19.2 Å². The van der Waals surface area contributed by atoms with E-state index in [0.717, 1.165) is 66.8 Å². The molecule has 3 rings (SSSR count). The van der Waals surface area contributed by atoms with Crippen molar-refractivity contribution >= 4 is 36.9 Å². The number of phosphoric acid groups is 1. The number of hydrogen-bond acceptors (Lipinski definition) is 8. The van der Waals surface area contributed by atoms with Crippen LogP contribution in [0.3, 0.4) is 0 Å². The molecule has 1 aliphatic rings. The van der Waals surface area contributed by atoms with E-state index < -0.39 is 43.2 Å². The summed E-state index contributed by atoms with van der Waals surface area (Å²) >= 11 is 1.55. The van der Waals surface area contributed by atoms with Crippen LogP contribution in [0.1, 0.15) is 96.2 Å². The lowest BCUT2D eigenvalue weighted by atomic mass is 9.85. The summed E-state index contributed by atoms with van der Waals surface area (Å²) in [5, 5.41) is 5.76. The van der Waals surface area contributed by atoms with Crippen molar-refractivity contribution < 1.29 is 33.3 Å². The largest absolute Gasteiger partial charge is 0.469 e. The quantitative estimate of drug-likeness (QED) is 0.108. The van der Waals surface area contributed by atoms with Crippen molar-refractivity contribution in [2.45, 2.75) is 117 Å². The molecule has 0 unspecified atom stereocenters. The van der Waals surface area contributed by atoms with Crippen molar-refractivity contribution in [1.82, 2.24) is 20.5 Å². The Labute approximate surface area is 282 Å². The minimum absolute atomic E-state index is 0.0939. The summed E-state index contributed by atoms with van der Waals surface area (Å²) in [4.78, 5) is 66.0. The van der Waals surface area contributed by atoms with Gasteiger partial charge in [-0.2, -0.15) is 0 Å². The lowest BCUT2D eigenvalue weighted by molar-refractivity contribution is -0.144. The number of nitrogens with one attached hydrogen (secondary N) is 2. The summed E-state index contributed by atoms with van der Waals surface area (Å²) in [5.74, 6) is -1.22. The number of aromatic nitrogens is 1. The Kier molecular flexibility index (Phi) is 15.0. The fourth-order valence-electron chi connectivity index (χ4n) is 5.76. The summed E-state index contributed by atoms with van der Waals surface area (Å²) in [6.45, 7) is 8.15. The molecule has 262 valence electrons. The minimum Gasteiger partial charge on any atom is -0.350 e. The van der Waals surface area contributed by atoms with Crippen LogP contribution in [0.5, 0.6) is 0 Å². The van der Waals surface area contributed by atoms with Crippen LogP contribution in [0.15, 0.2) is 29.8 Å². The van der Waals surface area contributed by atoms with Crippen molar-refractivity contribution in [3.8, 4) is 10.4 Å². The zero-order valence-corrected chi connectivity index (χ0v) is 29.8. The molecule has 0 saturated carbocycles. The standard InChI is InChI=1S/C33H52N5O7PS/c1-23-29(47-22-36-23)25-16-14-24(15-17-25)20-35-31(40)27-19-26(45-46(42,43)44)21-38(27)32(41)30(33(2,3)4)37-28(39)13-11-9-7-5-6-8-10-12-18-34/h14-17,22,26-27,30H,5-13,18-21,34H2,1-4H3,(H,35,40)(H,37,39)(H2,42,43,44)/t26-,27+,30-/m1/s1. The Morgan fingerprint density at radius 2 is 1.68 bits per heavy atom. The van der Waals surface area contributed by atoms with Crippen molar-refractivity contribution in [3.05, 3.63) is 41.0 Å². The number of carbonyl (C=O) groups excluding carboxylic acids is 3. The first-order chi connectivity index (χ1) is 22.2. The molecule has 2 heterocycles. The van der Waals surface area contributed by atoms with Crippen LogP contribution in [-0.4, -0.2) is 68.7 Å². The third-order valence-corrected chi connectivity index (χ3v) is 9.89. The third-order valence-electron chi connectivity index (χ3n) is 8.34. The molecule has 14 heteroatoms. The first kappa shape index (κ1) is 38.8. The van der Waals surface area contributed by atoms with Gasteiger partial charge in [-0.1, -0.05) is 83.6 Å². The van der Waals surface area contributed by atoms with E-state index in [2.05, 4.69) is 15.6 Å².